The van der Waals surface area contributed by atoms with Crippen molar-refractivity contribution in [2.45, 2.75) is 13.5 Å². The second-order valence-corrected chi connectivity index (χ2v) is 5.98. The number of benzene rings is 1. The molecule has 0 aliphatic heterocycles. The number of rotatable bonds is 5. The van der Waals surface area contributed by atoms with Gasteiger partial charge in [-0.15, -0.1) is 0 Å². The summed E-state index contributed by atoms with van der Waals surface area (Å²) in [5.74, 6) is 0.758. The van der Waals surface area contributed by atoms with E-state index in [4.69, 9.17) is 13.6 Å². The van der Waals surface area contributed by atoms with Gasteiger partial charge in [-0.25, -0.2) is 9.78 Å². The Morgan fingerprint density at radius 3 is 2.64 bits per heavy atom. The first kappa shape index (κ1) is 17.4. The van der Waals surface area contributed by atoms with Gasteiger partial charge in [0.05, 0.1) is 6.20 Å². The van der Waals surface area contributed by atoms with Gasteiger partial charge < -0.3 is 13.6 Å². The lowest BCUT2D eigenvalue weighted by atomic mass is 10.1. The number of hydrogen-bond acceptors (Lipinski definition) is 6. The fraction of sp³-hybridized carbons (Fsp3) is 0.0952. The molecule has 3 aromatic heterocycles. The highest BCUT2D eigenvalue weighted by molar-refractivity contribution is 5.94. The summed E-state index contributed by atoms with van der Waals surface area (Å²) in [4.78, 5) is 16.7. The molecule has 1 aromatic carbocycles. The highest BCUT2D eigenvalue weighted by Gasteiger charge is 2.26. The predicted octanol–water partition coefficient (Wildman–Crippen LogP) is 4.26. The van der Waals surface area contributed by atoms with Crippen LogP contribution >= 0.6 is 0 Å². The summed E-state index contributed by atoms with van der Waals surface area (Å²) in [5.41, 5.74) is 1.10. The number of furan rings is 1. The number of oxazole rings is 1. The molecule has 4 rings (SSSR count). The Bertz CT molecular complexity index is 1150. The summed E-state index contributed by atoms with van der Waals surface area (Å²) in [6.45, 7) is 1.46. The van der Waals surface area contributed by atoms with E-state index in [2.05, 4.69) is 4.98 Å². The number of hydrogen-bond donors (Lipinski definition) is 0. The van der Waals surface area contributed by atoms with Crippen molar-refractivity contribution in [1.29, 1.82) is 5.26 Å². The zero-order valence-corrected chi connectivity index (χ0v) is 15.0. The number of carbonyl (C=O) groups excluding carboxylic acids is 1. The summed E-state index contributed by atoms with van der Waals surface area (Å²) < 4.78 is 18.2. The Morgan fingerprint density at radius 1 is 1.18 bits per heavy atom. The Morgan fingerprint density at radius 2 is 1.93 bits per heavy atom. The van der Waals surface area contributed by atoms with Gasteiger partial charge in [-0.1, -0.05) is 30.3 Å². The predicted molar refractivity (Wildman–Crippen MR) is 98.5 cm³/mol. The van der Waals surface area contributed by atoms with Gasteiger partial charge in [0.15, 0.2) is 12.4 Å². The van der Waals surface area contributed by atoms with Crippen LogP contribution in [0.5, 0.6) is 0 Å². The molecule has 0 saturated heterocycles. The van der Waals surface area contributed by atoms with Crippen molar-refractivity contribution < 1.29 is 18.4 Å². The van der Waals surface area contributed by atoms with E-state index in [1.54, 1.807) is 42.2 Å². The molecule has 138 valence electrons. The Kier molecular flexibility index (Phi) is 4.52. The van der Waals surface area contributed by atoms with Crippen molar-refractivity contribution in [3.63, 3.8) is 0 Å². The topological polar surface area (TPSA) is 94.2 Å². The Labute approximate surface area is 160 Å². The molecule has 0 spiro atoms. The molecule has 3 heterocycles. The van der Waals surface area contributed by atoms with E-state index in [9.17, 15) is 10.1 Å². The van der Waals surface area contributed by atoms with Crippen molar-refractivity contribution in [1.82, 2.24) is 9.55 Å². The van der Waals surface area contributed by atoms with E-state index >= 15 is 0 Å². The van der Waals surface area contributed by atoms with Crippen molar-refractivity contribution in [3.05, 3.63) is 83.8 Å². The summed E-state index contributed by atoms with van der Waals surface area (Å²) in [5, 5.41) is 9.51. The van der Waals surface area contributed by atoms with Crippen molar-refractivity contribution >= 4 is 5.97 Å². The molecule has 0 saturated carbocycles. The minimum atomic E-state index is -0.671. The SMILES string of the molecule is Cc1oc(-n2cccc2)c(C#N)c1C(=O)OCc1ncc(-c2ccccc2)o1. The lowest BCUT2D eigenvalue weighted by molar-refractivity contribution is 0.0436. The van der Waals surface area contributed by atoms with Crippen LogP contribution in [0.25, 0.3) is 17.2 Å². The van der Waals surface area contributed by atoms with Crippen LogP contribution in [0.3, 0.4) is 0 Å². The van der Waals surface area contributed by atoms with Crippen LogP contribution in [0.4, 0.5) is 0 Å². The number of nitriles is 1. The van der Waals surface area contributed by atoms with E-state index in [1.807, 2.05) is 36.4 Å². The quantitative estimate of drug-likeness (QED) is 0.485. The maximum Gasteiger partial charge on any atom is 0.343 e. The molecule has 0 unspecified atom stereocenters. The van der Waals surface area contributed by atoms with Crippen LogP contribution in [0, 0.1) is 18.3 Å². The third-order valence-electron chi connectivity index (χ3n) is 4.16. The molecule has 0 fully saturated rings. The molecular formula is C21H15N3O4. The fourth-order valence-electron chi connectivity index (χ4n) is 2.84. The number of aromatic nitrogens is 2. The molecular weight excluding hydrogens is 358 g/mol. The average molecular weight is 373 g/mol. The second-order valence-electron chi connectivity index (χ2n) is 5.98. The highest BCUT2D eigenvalue weighted by Crippen LogP contribution is 2.26. The van der Waals surface area contributed by atoms with E-state index in [0.717, 1.165) is 5.56 Å². The molecule has 0 N–H and O–H groups in total. The van der Waals surface area contributed by atoms with Crippen LogP contribution < -0.4 is 0 Å². The summed E-state index contributed by atoms with van der Waals surface area (Å²) in [7, 11) is 0. The lowest BCUT2D eigenvalue weighted by Gasteiger charge is -2.02. The minimum absolute atomic E-state index is 0.0982. The van der Waals surface area contributed by atoms with E-state index in [0.29, 0.717) is 11.5 Å². The van der Waals surface area contributed by atoms with E-state index in [-0.39, 0.29) is 29.5 Å². The third-order valence-corrected chi connectivity index (χ3v) is 4.16. The average Bonchev–Trinajstić information content (AvgIpc) is 3.46. The second kappa shape index (κ2) is 7.29. The van der Waals surface area contributed by atoms with Gasteiger partial charge in [0.1, 0.15) is 23.0 Å². The molecule has 0 aliphatic rings. The van der Waals surface area contributed by atoms with Crippen LogP contribution in [0.1, 0.15) is 27.6 Å². The maximum absolute atomic E-state index is 12.6. The monoisotopic (exact) mass is 373 g/mol. The molecule has 28 heavy (non-hydrogen) atoms. The molecule has 7 heteroatoms. The maximum atomic E-state index is 12.6. The minimum Gasteiger partial charge on any atom is -0.452 e. The van der Waals surface area contributed by atoms with Gasteiger partial charge in [0.25, 0.3) is 0 Å². The fourth-order valence-corrected chi connectivity index (χ4v) is 2.84. The molecule has 0 aliphatic carbocycles. The van der Waals surface area contributed by atoms with Crippen LogP contribution in [0.15, 0.2) is 69.9 Å². The van der Waals surface area contributed by atoms with Crippen LogP contribution in [-0.2, 0) is 11.3 Å². The van der Waals surface area contributed by atoms with Gasteiger partial charge >= 0.3 is 5.97 Å². The number of ether oxygens (including phenoxy) is 1. The zero-order chi connectivity index (χ0) is 19.5. The number of aryl methyl sites for hydroxylation is 1. The van der Waals surface area contributed by atoms with Crippen LogP contribution in [-0.4, -0.2) is 15.5 Å². The summed E-state index contributed by atoms with van der Waals surface area (Å²) >= 11 is 0. The Hall–Kier alpha value is -4.05. The number of nitrogens with zero attached hydrogens (tertiary/aromatic N) is 3. The first-order chi connectivity index (χ1) is 13.7. The third kappa shape index (κ3) is 3.19. The smallest absolute Gasteiger partial charge is 0.343 e. The molecule has 0 radical (unpaired) electrons. The van der Waals surface area contributed by atoms with Crippen molar-refractivity contribution in [3.8, 4) is 23.3 Å². The summed E-state index contributed by atoms with van der Waals surface area (Å²) in [6.07, 6.45) is 5.03. The van der Waals surface area contributed by atoms with Crippen LogP contribution in [0.2, 0.25) is 0 Å². The highest BCUT2D eigenvalue weighted by atomic mass is 16.5. The van der Waals surface area contributed by atoms with Crippen molar-refractivity contribution in [2.75, 3.05) is 0 Å². The van der Waals surface area contributed by atoms with Crippen molar-refractivity contribution in [2.24, 2.45) is 0 Å². The number of esters is 1. The van der Waals surface area contributed by atoms with Gasteiger partial charge in [-0.3, -0.25) is 4.57 Å². The standard InChI is InChI=1S/C21H15N3O4/c1-14-19(16(11-22)20(27-14)24-9-5-6-10-24)21(25)26-13-18-23-12-17(28-18)15-7-3-2-4-8-15/h2-10,12H,13H2,1H3. The normalized spacial score (nSPS) is 10.6. The van der Waals surface area contributed by atoms with Gasteiger partial charge in [0.2, 0.25) is 11.8 Å². The molecule has 0 atom stereocenters. The lowest BCUT2D eigenvalue weighted by Crippen LogP contribution is -2.08. The molecule has 0 bridgehead atoms. The van der Waals surface area contributed by atoms with E-state index in [1.165, 1.54) is 0 Å². The molecule has 0 amide bonds. The Balaban J connectivity index is 1.52. The van der Waals surface area contributed by atoms with Gasteiger partial charge in [0, 0.05) is 18.0 Å². The van der Waals surface area contributed by atoms with Gasteiger partial charge in [-0.2, -0.15) is 5.26 Å². The van der Waals surface area contributed by atoms with E-state index < -0.39 is 5.97 Å². The van der Waals surface area contributed by atoms with Gasteiger partial charge in [-0.05, 0) is 19.1 Å². The first-order valence-corrected chi connectivity index (χ1v) is 8.51. The molecule has 7 nitrogen and oxygen atoms in total. The zero-order valence-electron chi connectivity index (χ0n) is 15.0. The largest absolute Gasteiger partial charge is 0.452 e. The molecule has 4 aromatic rings. The number of carbonyl (C=O) groups is 1. The first-order valence-electron chi connectivity index (χ1n) is 8.51. The summed E-state index contributed by atoms with van der Waals surface area (Å²) in [6, 6.07) is 15.1.